The zero-order valence-electron chi connectivity index (χ0n) is 11.5. The average molecular weight is 285 g/mol. The van der Waals surface area contributed by atoms with Crippen LogP contribution in [0.2, 0.25) is 0 Å². The van der Waals surface area contributed by atoms with E-state index >= 15 is 0 Å². The Kier molecular flexibility index (Phi) is 5.53. The van der Waals surface area contributed by atoms with Crippen LogP contribution in [0.1, 0.15) is 16.7 Å². The molecular formula is C18H17ClO. The van der Waals surface area contributed by atoms with Gasteiger partial charge in [0.05, 0.1) is 12.5 Å². The number of benzene rings is 2. The van der Waals surface area contributed by atoms with E-state index in [1.54, 1.807) is 0 Å². The van der Waals surface area contributed by atoms with Crippen LogP contribution in [0.15, 0.2) is 48.5 Å². The Bertz CT molecular complexity index is 608. The number of halogens is 1. The summed E-state index contributed by atoms with van der Waals surface area (Å²) in [6.45, 7) is 2.71. The summed E-state index contributed by atoms with van der Waals surface area (Å²) in [5.41, 5.74) is 3.40. The van der Waals surface area contributed by atoms with Gasteiger partial charge in [0.15, 0.2) is 0 Å². The predicted molar refractivity (Wildman–Crippen MR) is 84.4 cm³/mol. The van der Waals surface area contributed by atoms with Crippen LogP contribution in [0, 0.1) is 18.8 Å². The Balaban J connectivity index is 1.92. The van der Waals surface area contributed by atoms with Gasteiger partial charge >= 0.3 is 0 Å². The summed E-state index contributed by atoms with van der Waals surface area (Å²) in [4.78, 5) is 0. The number of hydrogen-bond acceptors (Lipinski definition) is 1. The fraction of sp³-hybridized carbons (Fsp3) is 0.222. The van der Waals surface area contributed by atoms with Crippen molar-refractivity contribution in [2.75, 3.05) is 12.5 Å². The molecule has 0 aliphatic carbocycles. The lowest BCUT2D eigenvalue weighted by molar-refractivity contribution is 0.321. The highest BCUT2D eigenvalue weighted by molar-refractivity contribution is 6.19. The fourth-order valence-electron chi connectivity index (χ4n) is 1.93. The molecule has 0 fully saturated rings. The minimum absolute atomic E-state index is 0.356. The van der Waals surface area contributed by atoms with Crippen molar-refractivity contribution >= 4 is 11.6 Å². The molecule has 2 aromatic carbocycles. The molecular weight excluding hydrogens is 268 g/mol. The molecule has 102 valence electrons. The lowest BCUT2D eigenvalue weighted by atomic mass is 10.1. The van der Waals surface area contributed by atoms with E-state index in [1.807, 2.05) is 43.3 Å². The first-order valence-electron chi connectivity index (χ1n) is 6.62. The van der Waals surface area contributed by atoms with Crippen LogP contribution < -0.4 is 4.74 Å². The van der Waals surface area contributed by atoms with Crippen LogP contribution in [0.3, 0.4) is 0 Å². The molecule has 2 aromatic rings. The molecule has 20 heavy (non-hydrogen) atoms. The summed E-state index contributed by atoms with van der Waals surface area (Å²) >= 11 is 5.56. The van der Waals surface area contributed by atoms with Gasteiger partial charge in [0.2, 0.25) is 0 Å². The van der Waals surface area contributed by atoms with Gasteiger partial charge in [-0.05, 0) is 36.2 Å². The topological polar surface area (TPSA) is 9.23 Å². The van der Waals surface area contributed by atoms with E-state index in [0.29, 0.717) is 12.5 Å². The third kappa shape index (κ3) is 4.33. The summed E-state index contributed by atoms with van der Waals surface area (Å²) in [7, 11) is 0. The number of rotatable bonds is 4. The number of aryl methyl sites for hydroxylation is 1. The highest BCUT2D eigenvalue weighted by Gasteiger charge is 1.99. The Morgan fingerprint density at radius 2 is 1.90 bits per heavy atom. The van der Waals surface area contributed by atoms with Crippen LogP contribution in [0.25, 0.3) is 0 Å². The number of hydrogen-bond donors (Lipinski definition) is 0. The van der Waals surface area contributed by atoms with Crippen molar-refractivity contribution in [3.8, 4) is 17.6 Å². The van der Waals surface area contributed by atoms with E-state index in [1.165, 1.54) is 5.56 Å². The summed E-state index contributed by atoms with van der Waals surface area (Å²) in [5.74, 6) is 7.14. The molecule has 0 saturated heterocycles. The standard InChI is InChI=1S/C18H17ClO/c1-15-14-18(10-9-17(15)8-5-12-19)20-13-11-16-6-3-2-4-7-16/h2-4,6-7,9-10,14H,11-13H2,1H3. The monoisotopic (exact) mass is 284 g/mol. The fourth-order valence-corrected chi connectivity index (χ4v) is 1.99. The summed E-state index contributed by atoms with van der Waals surface area (Å²) in [5, 5.41) is 0. The minimum atomic E-state index is 0.356. The van der Waals surface area contributed by atoms with Crippen LogP contribution in [-0.2, 0) is 6.42 Å². The lowest BCUT2D eigenvalue weighted by Crippen LogP contribution is -2.01. The summed E-state index contributed by atoms with van der Waals surface area (Å²) in [6, 6.07) is 16.3. The molecule has 0 aliphatic rings. The Morgan fingerprint density at radius 3 is 2.60 bits per heavy atom. The van der Waals surface area contributed by atoms with Crippen LogP contribution in [-0.4, -0.2) is 12.5 Å². The normalized spacial score (nSPS) is 9.70. The van der Waals surface area contributed by atoms with Gasteiger partial charge in [-0.1, -0.05) is 42.2 Å². The SMILES string of the molecule is Cc1cc(OCCc2ccccc2)ccc1C#CCCl. The Morgan fingerprint density at radius 1 is 1.10 bits per heavy atom. The molecule has 0 radical (unpaired) electrons. The van der Waals surface area contributed by atoms with Gasteiger partial charge in [-0.3, -0.25) is 0 Å². The third-order valence-corrected chi connectivity index (χ3v) is 3.12. The highest BCUT2D eigenvalue weighted by atomic mass is 35.5. The second-order valence-corrected chi connectivity index (χ2v) is 4.76. The molecule has 0 heterocycles. The summed E-state index contributed by atoms with van der Waals surface area (Å²) < 4.78 is 5.78. The van der Waals surface area contributed by atoms with Crippen molar-refractivity contribution in [2.45, 2.75) is 13.3 Å². The molecule has 2 heteroatoms. The molecule has 0 bridgehead atoms. The highest BCUT2D eigenvalue weighted by Crippen LogP contribution is 2.17. The van der Waals surface area contributed by atoms with Crippen molar-refractivity contribution in [1.82, 2.24) is 0 Å². The molecule has 0 amide bonds. The molecule has 0 atom stereocenters. The van der Waals surface area contributed by atoms with Gasteiger partial charge in [0, 0.05) is 12.0 Å². The maximum Gasteiger partial charge on any atom is 0.119 e. The minimum Gasteiger partial charge on any atom is -0.493 e. The van der Waals surface area contributed by atoms with Gasteiger partial charge in [-0.15, -0.1) is 11.6 Å². The zero-order valence-corrected chi connectivity index (χ0v) is 12.3. The lowest BCUT2D eigenvalue weighted by Gasteiger charge is -2.08. The van der Waals surface area contributed by atoms with E-state index in [9.17, 15) is 0 Å². The molecule has 2 rings (SSSR count). The smallest absolute Gasteiger partial charge is 0.119 e. The van der Waals surface area contributed by atoms with Crippen LogP contribution in [0.5, 0.6) is 5.75 Å². The Hall–Kier alpha value is -1.91. The number of alkyl halides is 1. The van der Waals surface area contributed by atoms with E-state index in [-0.39, 0.29) is 0 Å². The molecule has 0 spiro atoms. The molecule has 1 nitrogen and oxygen atoms in total. The molecule has 0 saturated carbocycles. The van der Waals surface area contributed by atoms with Gasteiger partial charge in [0.25, 0.3) is 0 Å². The van der Waals surface area contributed by atoms with Crippen molar-refractivity contribution in [2.24, 2.45) is 0 Å². The van der Waals surface area contributed by atoms with E-state index in [2.05, 4.69) is 24.0 Å². The maximum absolute atomic E-state index is 5.78. The second kappa shape index (κ2) is 7.62. The van der Waals surface area contributed by atoms with Crippen LogP contribution in [0.4, 0.5) is 0 Å². The first kappa shape index (κ1) is 14.5. The third-order valence-electron chi connectivity index (χ3n) is 2.99. The molecule has 0 unspecified atom stereocenters. The first-order chi connectivity index (χ1) is 9.79. The zero-order chi connectivity index (χ0) is 14.2. The molecule has 0 aliphatic heterocycles. The van der Waals surface area contributed by atoms with Gasteiger partial charge in [-0.25, -0.2) is 0 Å². The second-order valence-electron chi connectivity index (χ2n) is 4.50. The summed E-state index contributed by atoms with van der Waals surface area (Å²) in [6.07, 6.45) is 0.910. The largest absolute Gasteiger partial charge is 0.493 e. The maximum atomic E-state index is 5.78. The van der Waals surface area contributed by atoms with Gasteiger partial charge in [-0.2, -0.15) is 0 Å². The Labute approximate surface area is 125 Å². The molecule has 0 N–H and O–H groups in total. The van der Waals surface area contributed by atoms with Crippen molar-refractivity contribution in [3.05, 3.63) is 65.2 Å². The molecule has 0 aromatic heterocycles. The van der Waals surface area contributed by atoms with Gasteiger partial charge in [0.1, 0.15) is 5.75 Å². The van der Waals surface area contributed by atoms with Gasteiger partial charge < -0.3 is 4.74 Å². The van der Waals surface area contributed by atoms with Crippen LogP contribution >= 0.6 is 11.6 Å². The van der Waals surface area contributed by atoms with Crippen molar-refractivity contribution in [1.29, 1.82) is 0 Å². The van der Waals surface area contributed by atoms with E-state index < -0.39 is 0 Å². The predicted octanol–water partition coefficient (Wildman–Crippen LogP) is 4.21. The quantitative estimate of drug-likeness (QED) is 0.604. The van der Waals surface area contributed by atoms with E-state index in [4.69, 9.17) is 16.3 Å². The first-order valence-corrected chi connectivity index (χ1v) is 7.15. The van der Waals surface area contributed by atoms with Crippen molar-refractivity contribution < 1.29 is 4.74 Å². The number of ether oxygens (including phenoxy) is 1. The van der Waals surface area contributed by atoms with Crippen molar-refractivity contribution in [3.63, 3.8) is 0 Å². The van der Waals surface area contributed by atoms with E-state index in [0.717, 1.165) is 23.3 Å². The average Bonchev–Trinajstić information content (AvgIpc) is 2.47.